The van der Waals surface area contributed by atoms with E-state index in [2.05, 4.69) is 10.3 Å². The molecule has 2 aliphatic rings. The van der Waals surface area contributed by atoms with Gasteiger partial charge in [0.2, 0.25) is 18.6 Å². The molecule has 0 saturated carbocycles. The lowest BCUT2D eigenvalue weighted by atomic mass is 10.1. The van der Waals surface area contributed by atoms with Crippen LogP contribution in [0.25, 0.3) is 10.9 Å². The van der Waals surface area contributed by atoms with Gasteiger partial charge in [-0.1, -0.05) is 11.6 Å². The molecule has 3 aromatic rings. The highest BCUT2D eigenvalue weighted by atomic mass is 35.5. The average Bonchev–Trinajstić information content (AvgIpc) is 3.44. The van der Waals surface area contributed by atoms with Crippen molar-refractivity contribution in [2.45, 2.75) is 12.8 Å². The Labute approximate surface area is 177 Å². The molecule has 1 fully saturated rings. The zero-order valence-electron chi connectivity index (χ0n) is 16.1. The van der Waals surface area contributed by atoms with Crippen LogP contribution in [0.4, 0.5) is 5.69 Å². The van der Waals surface area contributed by atoms with Crippen molar-refractivity contribution in [1.29, 1.82) is 0 Å². The second-order valence-electron chi connectivity index (χ2n) is 7.55. The molecule has 2 aromatic carbocycles. The zero-order chi connectivity index (χ0) is 20.7. The first kappa shape index (κ1) is 18.8. The van der Waals surface area contributed by atoms with Crippen LogP contribution in [-0.4, -0.2) is 41.6 Å². The summed E-state index contributed by atoms with van der Waals surface area (Å²) in [6.07, 6.45) is 2.87. The van der Waals surface area contributed by atoms with Crippen LogP contribution in [0.2, 0.25) is 5.02 Å². The molecule has 5 rings (SSSR count). The van der Waals surface area contributed by atoms with E-state index in [4.69, 9.17) is 21.1 Å². The highest BCUT2D eigenvalue weighted by molar-refractivity contribution is 6.31. The monoisotopic (exact) mass is 425 g/mol. The molecule has 7 nitrogen and oxygen atoms in total. The Hall–Kier alpha value is -3.19. The van der Waals surface area contributed by atoms with Crippen LogP contribution < -0.4 is 14.8 Å². The fraction of sp³-hybridized carbons (Fsp3) is 0.273. The zero-order valence-corrected chi connectivity index (χ0v) is 16.9. The van der Waals surface area contributed by atoms with Crippen LogP contribution in [0.5, 0.6) is 11.5 Å². The Morgan fingerprint density at radius 1 is 1.20 bits per heavy atom. The number of hydrogen-bond donors (Lipinski definition) is 2. The Morgan fingerprint density at radius 3 is 2.97 bits per heavy atom. The van der Waals surface area contributed by atoms with E-state index in [9.17, 15) is 9.59 Å². The maximum Gasteiger partial charge on any atom is 0.231 e. The van der Waals surface area contributed by atoms with Crippen molar-refractivity contribution in [2.75, 3.05) is 25.2 Å². The van der Waals surface area contributed by atoms with E-state index in [0.717, 1.165) is 16.5 Å². The molecule has 0 unspecified atom stereocenters. The topological polar surface area (TPSA) is 83.7 Å². The molecule has 0 spiro atoms. The van der Waals surface area contributed by atoms with Crippen molar-refractivity contribution in [3.8, 4) is 11.5 Å². The molecule has 2 N–H and O–H groups in total. The minimum atomic E-state index is -0.375. The predicted octanol–water partition coefficient (Wildman–Crippen LogP) is 3.58. The third-order valence-electron chi connectivity index (χ3n) is 5.61. The van der Waals surface area contributed by atoms with Gasteiger partial charge in [-0.05, 0) is 42.3 Å². The highest BCUT2D eigenvalue weighted by Crippen LogP contribution is 2.34. The van der Waals surface area contributed by atoms with Gasteiger partial charge in [0, 0.05) is 53.4 Å². The number of likely N-dealkylation sites (tertiary alicyclic amines) is 1. The number of fused-ring (bicyclic) bond motifs is 2. The number of aromatic amines is 1. The molecule has 30 heavy (non-hydrogen) atoms. The lowest BCUT2D eigenvalue weighted by Crippen LogP contribution is -2.30. The molecule has 2 aliphatic heterocycles. The fourth-order valence-electron chi connectivity index (χ4n) is 4.00. The van der Waals surface area contributed by atoms with Gasteiger partial charge in [0.25, 0.3) is 0 Å². The first-order chi connectivity index (χ1) is 14.6. The lowest BCUT2D eigenvalue weighted by molar-refractivity contribution is -0.128. The largest absolute Gasteiger partial charge is 0.454 e. The number of nitrogens with one attached hydrogen (secondary N) is 2. The van der Waals surface area contributed by atoms with Crippen molar-refractivity contribution in [3.63, 3.8) is 0 Å². The molecule has 8 heteroatoms. The molecular weight excluding hydrogens is 406 g/mol. The van der Waals surface area contributed by atoms with Crippen molar-refractivity contribution in [3.05, 3.63) is 53.2 Å². The third kappa shape index (κ3) is 3.57. The molecule has 2 amide bonds. The second-order valence-corrected chi connectivity index (χ2v) is 7.99. The van der Waals surface area contributed by atoms with Crippen LogP contribution >= 0.6 is 11.6 Å². The number of nitrogens with zero attached hydrogens (tertiary/aromatic N) is 1. The van der Waals surface area contributed by atoms with Gasteiger partial charge in [0.15, 0.2) is 11.5 Å². The highest BCUT2D eigenvalue weighted by Gasteiger charge is 2.34. The van der Waals surface area contributed by atoms with E-state index in [0.29, 0.717) is 41.7 Å². The Bertz CT molecular complexity index is 1140. The summed E-state index contributed by atoms with van der Waals surface area (Å²) in [4.78, 5) is 30.1. The van der Waals surface area contributed by atoms with Crippen molar-refractivity contribution in [2.24, 2.45) is 5.92 Å². The smallest absolute Gasteiger partial charge is 0.231 e. The van der Waals surface area contributed by atoms with Crippen LogP contribution in [0, 0.1) is 5.92 Å². The van der Waals surface area contributed by atoms with E-state index in [1.165, 1.54) is 0 Å². The van der Waals surface area contributed by atoms with Gasteiger partial charge >= 0.3 is 0 Å². The van der Waals surface area contributed by atoms with E-state index in [-0.39, 0.29) is 30.9 Å². The predicted molar refractivity (Wildman–Crippen MR) is 113 cm³/mol. The van der Waals surface area contributed by atoms with Crippen LogP contribution in [0.3, 0.4) is 0 Å². The number of amides is 2. The number of halogens is 1. The molecule has 0 radical (unpaired) electrons. The standard InChI is InChI=1S/C22H20ClN3O4/c23-15-1-3-18-17(8-15)13(10-24-18)5-6-26-11-14(7-21(26)27)22(28)25-16-2-4-19-20(9-16)30-12-29-19/h1-4,8-10,14,24H,5-7,11-12H2,(H,25,28)/t14-/m1/s1. The van der Waals surface area contributed by atoms with Gasteiger partial charge in [0.1, 0.15) is 0 Å². The van der Waals surface area contributed by atoms with Gasteiger partial charge in [-0.25, -0.2) is 0 Å². The Morgan fingerprint density at radius 2 is 2.07 bits per heavy atom. The summed E-state index contributed by atoms with van der Waals surface area (Å²) in [7, 11) is 0. The van der Waals surface area contributed by atoms with Gasteiger partial charge in [-0.15, -0.1) is 0 Å². The van der Waals surface area contributed by atoms with Gasteiger partial charge in [-0.2, -0.15) is 0 Å². The van der Waals surface area contributed by atoms with Gasteiger partial charge in [-0.3, -0.25) is 9.59 Å². The van der Waals surface area contributed by atoms with E-state index in [1.54, 1.807) is 23.1 Å². The summed E-state index contributed by atoms with van der Waals surface area (Å²) in [6.45, 7) is 1.16. The van der Waals surface area contributed by atoms with E-state index >= 15 is 0 Å². The van der Waals surface area contributed by atoms with Crippen molar-refractivity contribution < 1.29 is 19.1 Å². The molecular formula is C22H20ClN3O4. The molecule has 1 saturated heterocycles. The normalized spacial score (nSPS) is 17.7. The average molecular weight is 426 g/mol. The first-order valence-electron chi connectivity index (χ1n) is 9.80. The minimum Gasteiger partial charge on any atom is -0.454 e. The SMILES string of the molecule is O=C(Nc1ccc2c(c1)OCO2)[C@@H]1CC(=O)N(CCc2c[nH]c3ccc(Cl)cc23)C1. The van der Waals surface area contributed by atoms with E-state index < -0.39 is 0 Å². The number of carbonyl (C=O) groups excluding carboxylic acids is 2. The summed E-state index contributed by atoms with van der Waals surface area (Å²) in [6, 6.07) is 11.0. The number of rotatable bonds is 5. The summed E-state index contributed by atoms with van der Waals surface area (Å²) < 4.78 is 10.6. The Balaban J connectivity index is 1.21. The number of anilines is 1. The molecule has 154 valence electrons. The number of benzene rings is 2. The van der Waals surface area contributed by atoms with Crippen molar-refractivity contribution >= 4 is 40.0 Å². The summed E-state index contributed by atoms with van der Waals surface area (Å²) in [5.41, 5.74) is 2.75. The number of carbonyl (C=O) groups is 2. The maximum atomic E-state index is 12.7. The Kier molecular flexibility index (Phi) is 4.75. The van der Waals surface area contributed by atoms with Crippen LogP contribution in [0.15, 0.2) is 42.6 Å². The van der Waals surface area contributed by atoms with E-state index in [1.807, 2.05) is 24.4 Å². The number of ether oxygens (including phenoxy) is 2. The quantitative estimate of drug-likeness (QED) is 0.654. The fourth-order valence-corrected chi connectivity index (χ4v) is 4.17. The molecule has 0 bridgehead atoms. The number of hydrogen-bond acceptors (Lipinski definition) is 4. The summed E-state index contributed by atoms with van der Waals surface area (Å²) in [5, 5.41) is 4.62. The molecule has 3 heterocycles. The summed E-state index contributed by atoms with van der Waals surface area (Å²) >= 11 is 6.11. The minimum absolute atomic E-state index is 0.00119. The number of aromatic nitrogens is 1. The second kappa shape index (κ2) is 7.57. The van der Waals surface area contributed by atoms with Crippen LogP contribution in [-0.2, 0) is 16.0 Å². The van der Waals surface area contributed by atoms with Gasteiger partial charge in [0.05, 0.1) is 5.92 Å². The first-order valence-corrected chi connectivity index (χ1v) is 10.2. The summed E-state index contributed by atoms with van der Waals surface area (Å²) in [5.74, 6) is 0.729. The molecule has 1 atom stereocenters. The van der Waals surface area contributed by atoms with Gasteiger partial charge < -0.3 is 24.7 Å². The third-order valence-corrected chi connectivity index (χ3v) is 5.84. The number of H-pyrrole nitrogens is 1. The van der Waals surface area contributed by atoms with Crippen molar-refractivity contribution in [1.82, 2.24) is 9.88 Å². The van der Waals surface area contributed by atoms with Crippen LogP contribution in [0.1, 0.15) is 12.0 Å². The maximum absolute atomic E-state index is 12.7. The molecule has 0 aliphatic carbocycles. The lowest BCUT2D eigenvalue weighted by Gasteiger charge is -2.16. The molecule has 1 aromatic heterocycles.